The summed E-state index contributed by atoms with van der Waals surface area (Å²) in [4.78, 5) is 48.7. The molecule has 0 bridgehead atoms. The summed E-state index contributed by atoms with van der Waals surface area (Å²) in [5, 5.41) is 55.7. The van der Waals surface area contributed by atoms with E-state index in [4.69, 9.17) is 6.57 Å². The number of nitrogens with zero attached hydrogens (tertiary/aromatic N) is 4. The molecule has 0 saturated carbocycles. The maximum atomic E-state index is 12.6. The van der Waals surface area contributed by atoms with E-state index in [9.17, 15) is 45.3 Å². The molecule has 2 amide bonds. The number of carbonyl (C=O) groups excluding carboxylic acids is 2. The zero-order valence-electron chi connectivity index (χ0n) is 21.5. The maximum Gasteiger partial charge on any atom is 0.311 e. The average Bonchev–Trinajstić information content (AvgIpc) is 2.97. The topological polar surface area (TPSA) is 213 Å². The number of hydrogen-bond donors (Lipinski definition) is 4. The van der Waals surface area contributed by atoms with Crippen LogP contribution in [0.25, 0.3) is 17.0 Å². The molecule has 0 aliphatic heterocycles. The van der Waals surface area contributed by atoms with Crippen LogP contribution in [0.1, 0.15) is 22.3 Å². The van der Waals surface area contributed by atoms with Crippen LogP contribution in [0.15, 0.2) is 71.9 Å². The quantitative estimate of drug-likeness (QED) is 0.0921. The Morgan fingerprint density at radius 2 is 1.36 bits per heavy atom. The van der Waals surface area contributed by atoms with Gasteiger partial charge in [0, 0.05) is 25.2 Å². The van der Waals surface area contributed by atoms with Crippen molar-refractivity contribution in [2.75, 3.05) is 0 Å². The molecule has 0 spiro atoms. The molecule has 0 aliphatic carbocycles. The number of nitro benzene ring substituents is 2. The minimum atomic E-state index is -0.795. The molecule has 0 atom stereocenters. The van der Waals surface area contributed by atoms with Gasteiger partial charge in [-0.3, -0.25) is 29.8 Å². The van der Waals surface area contributed by atoms with Crippen molar-refractivity contribution in [1.29, 1.82) is 5.26 Å². The lowest BCUT2D eigenvalue weighted by Crippen LogP contribution is -2.25. The number of carbonyl (C=O) groups is 2. The van der Waals surface area contributed by atoms with Crippen molar-refractivity contribution < 1.29 is 29.6 Å². The second-order valence-corrected chi connectivity index (χ2v) is 8.51. The Bertz CT molecular complexity index is 1610. The summed E-state index contributed by atoms with van der Waals surface area (Å²) >= 11 is 0. The van der Waals surface area contributed by atoms with Crippen molar-refractivity contribution >= 4 is 35.3 Å². The monoisotopic (exact) mass is 568 g/mol. The van der Waals surface area contributed by atoms with E-state index < -0.39 is 44.5 Å². The first kappa shape index (κ1) is 30.0. The fraction of sp³-hybridized carbons (Fsp3) is 0.0714. The van der Waals surface area contributed by atoms with E-state index >= 15 is 0 Å². The fourth-order valence-electron chi connectivity index (χ4n) is 3.57. The Morgan fingerprint density at radius 1 is 0.857 bits per heavy atom. The van der Waals surface area contributed by atoms with Gasteiger partial charge in [0.05, 0.1) is 16.4 Å². The lowest BCUT2D eigenvalue weighted by molar-refractivity contribution is -0.386. The van der Waals surface area contributed by atoms with Gasteiger partial charge in [-0.05, 0) is 46.5 Å². The first-order chi connectivity index (χ1) is 20.0. The summed E-state index contributed by atoms with van der Waals surface area (Å²) in [7, 11) is 0. The van der Waals surface area contributed by atoms with E-state index in [0.717, 1.165) is 36.4 Å². The van der Waals surface area contributed by atoms with Crippen molar-refractivity contribution in [2.24, 2.45) is 0 Å². The number of rotatable bonds is 10. The van der Waals surface area contributed by atoms with Crippen molar-refractivity contribution in [3.05, 3.63) is 126 Å². The average molecular weight is 569 g/mol. The second kappa shape index (κ2) is 13.5. The number of amides is 2. The largest absolute Gasteiger partial charge is 0.502 e. The van der Waals surface area contributed by atoms with E-state index in [0.29, 0.717) is 11.1 Å². The van der Waals surface area contributed by atoms with Crippen LogP contribution in [0.5, 0.6) is 11.5 Å². The summed E-state index contributed by atoms with van der Waals surface area (Å²) in [6.45, 7) is 7.30. The fourth-order valence-corrected chi connectivity index (χ4v) is 3.57. The Labute approximate surface area is 237 Å². The summed E-state index contributed by atoms with van der Waals surface area (Å²) in [5.41, 5.74) is -0.234. The van der Waals surface area contributed by atoms with Crippen molar-refractivity contribution in [1.82, 2.24) is 10.6 Å². The van der Waals surface area contributed by atoms with Crippen LogP contribution in [0.3, 0.4) is 0 Å². The molecule has 42 heavy (non-hydrogen) atoms. The number of aromatic hydroxyl groups is 2. The van der Waals surface area contributed by atoms with Gasteiger partial charge < -0.3 is 20.8 Å². The second-order valence-electron chi connectivity index (χ2n) is 8.51. The first-order valence-corrected chi connectivity index (χ1v) is 11.8. The number of nitro groups is 2. The molecule has 0 saturated heterocycles. The molecule has 0 aromatic heterocycles. The minimum Gasteiger partial charge on any atom is -0.502 e. The van der Waals surface area contributed by atoms with Gasteiger partial charge in [0.1, 0.15) is 11.6 Å². The number of nitriles is 1. The van der Waals surface area contributed by atoms with Crippen LogP contribution < -0.4 is 10.6 Å². The highest BCUT2D eigenvalue weighted by Gasteiger charge is 2.16. The van der Waals surface area contributed by atoms with E-state index in [1.165, 1.54) is 12.1 Å². The third kappa shape index (κ3) is 7.75. The molecule has 210 valence electrons. The molecule has 3 aromatic carbocycles. The van der Waals surface area contributed by atoms with Gasteiger partial charge in [-0.2, -0.15) is 5.26 Å². The van der Waals surface area contributed by atoms with Crippen molar-refractivity contribution in [3.63, 3.8) is 0 Å². The molecule has 14 heteroatoms. The van der Waals surface area contributed by atoms with E-state index in [1.807, 2.05) is 0 Å². The van der Waals surface area contributed by atoms with Gasteiger partial charge in [-0.1, -0.05) is 36.4 Å². The first-order valence-electron chi connectivity index (χ1n) is 11.8. The number of hydrogen-bond acceptors (Lipinski definition) is 9. The molecule has 3 aromatic rings. The molecular weight excluding hydrogens is 548 g/mol. The van der Waals surface area contributed by atoms with E-state index in [1.54, 1.807) is 30.3 Å². The predicted molar refractivity (Wildman–Crippen MR) is 148 cm³/mol. The number of phenols is 2. The molecule has 0 heterocycles. The van der Waals surface area contributed by atoms with Crippen LogP contribution in [0.4, 0.5) is 11.4 Å². The van der Waals surface area contributed by atoms with Gasteiger partial charge in [0.25, 0.3) is 17.5 Å². The number of nitrogens with one attached hydrogen (secondary N) is 2. The zero-order valence-corrected chi connectivity index (χ0v) is 21.5. The molecule has 0 unspecified atom stereocenters. The smallest absolute Gasteiger partial charge is 0.311 e. The van der Waals surface area contributed by atoms with Gasteiger partial charge >= 0.3 is 11.4 Å². The van der Waals surface area contributed by atoms with Gasteiger partial charge in [0.15, 0.2) is 11.5 Å². The summed E-state index contributed by atoms with van der Waals surface area (Å²) in [6.07, 6.45) is 2.30. The predicted octanol–water partition coefficient (Wildman–Crippen LogP) is 3.71. The highest BCUT2D eigenvalue weighted by Crippen LogP contribution is 2.28. The van der Waals surface area contributed by atoms with Gasteiger partial charge in [0.2, 0.25) is 0 Å². The Morgan fingerprint density at radius 3 is 1.83 bits per heavy atom. The maximum absolute atomic E-state index is 12.6. The molecule has 4 N–H and O–H groups in total. The zero-order chi connectivity index (χ0) is 30.8. The Hall–Kier alpha value is -6.54. The van der Waals surface area contributed by atoms with Gasteiger partial charge in [-0.25, -0.2) is 4.85 Å². The standard InChI is InChI=1S/C28H20N6O8/c1-30-22(11-18-6-8-26(36)24(13-18)34(41)42)28(38)32-16-20-4-2-3-19(9-20)15-31-27(37)21(14-29)10-17-5-7-25(35)23(12-17)33(39)40/h2-13,35-36H,15-16H2,(H,31,37)(H,32,38)/b21-10-,22-11+. The van der Waals surface area contributed by atoms with Crippen LogP contribution >= 0.6 is 0 Å². The highest BCUT2D eigenvalue weighted by molar-refractivity contribution is 6.01. The lowest BCUT2D eigenvalue weighted by atomic mass is 10.1. The highest BCUT2D eigenvalue weighted by atomic mass is 16.6. The SMILES string of the molecule is [C-]#[N+]/C(=C/c1ccc(O)c([N+](=O)[O-])c1)C(=O)NCc1cccc(CNC(=O)/C(C#N)=C\c2ccc(O)c([N+](=O)[O-])c2)c1. The van der Waals surface area contributed by atoms with E-state index in [-0.39, 0.29) is 35.5 Å². The molecule has 0 aliphatic rings. The van der Waals surface area contributed by atoms with Crippen LogP contribution in [-0.4, -0.2) is 31.9 Å². The third-order valence-electron chi connectivity index (χ3n) is 5.62. The third-order valence-corrected chi connectivity index (χ3v) is 5.62. The normalized spacial score (nSPS) is 11.1. The van der Waals surface area contributed by atoms with Crippen molar-refractivity contribution in [2.45, 2.75) is 13.1 Å². The molecule has 0 radical (unpaired) electrons. The molecule has 0 fully saturated rings. The van der Waals surface area contributed by atoms with Crippen LogP contribution in [0, 0.1) is 38.1 Å². The summed E-state index contributed by atoms with van der Waals surface area (Å²) < 4.78 is 0. The van der Waals surface area contributed by atoms with Gasteiger partial charge in [-0.15, -0.1) is 0 Å². The van der Waals surface area contributed by atoms with Crippen LogP contribution in [-0.2, 0) is 22.7 Å². The van der Waals surface area contributed by atoms with E-state index in [2.05, 4.69) is 15.5 Å². The molecule has 3 rings (SSSR count). The molecule has 14 nitrogen and oxygen atoms in total. The summed E-state index contributed by atoms with van der Waals surface area (Å²) in [5.74, 6) is -2.59. The summed E-state index contributed by atoms with van der Waals surface area (Å²) in [6, 6.07) is 15.3. The number of benzene rings is 3. The molecular formula is C28H20N6O8. The Balaban J connectivity index is 1.64. The van der Waals surface area contributed by atoms with Crippen LogP contribution in [0.2, 0.25) is 0 Å². The van der Waals surface area contributed by atoms with Crippen molar-refractivity contribution in [3.8, 4) is 17.6 Å². The lowest BCUT2D eigenvalue weighted by Gasteiger charge is -2.09. The minimum absolute atomic E-state index is 0.00219. The number of phenolic OH excluding ortho intramolecular Hbond substituents is 2. The Kier molecular flexibility index (Phi) is 9.64.